The molecule has 0 aliphatic carbocycles. The van der Waals surface area contributed by atoms with Gasteiger partial charge in [-0.2, -0.15) is 0 Å². The number of nitrogens with zero attached hydrogens (tertiary/aromatic N) is 1. The Morgan fingerprint density at radius 1 is 1.53 bits per heavy atom. The zero-order valence-corrected chi connectivity index (χ0v) is 10.6. The van der Waals surface area contributed by atoms with Gasteiger partial charge in [-0.1, -0.05) is 0 Å². The molecule has 2 heterocycles. The Balaban J connectivity index is 2.35. The third-order valence-electron chi connectivity index (χ3n) is 2.64. The molecule has 1 saturated heterocycles. The Morgan fingerprint density at radius 2 is 2.24 bits per heavy atom. The third-order valence-corrected chi connectivity index (χ3v) is 3.82. The van der Waals surface area contributed by atoms with E-state index in [9.17, 15) is 14.7 Å². The van der Waals surface area contributed by atoms with Gasteiger partial charge >= 0.3 is 103 Å². The van der Waals surface area contributed by atoms with E-state index >= 15 is 0 Å². The van der Waals surface area contributed by atoms with E-state index in [1.165, 1.54) is 16.8 Å². The summed E-state index contributed by atoms with van der Waals surface area (Å²) < 4.78 is 6.55. The molecule has 4 atom stereocenters. The molecule has 1 aromatic rings. The van der Waals surface area contributed by atoms with Crippen LogP contribution in [0.1, 0.15) is 6.23 Å². The molecule has 0 radical (unpaired) electrons. The molecule has 0 bridgehead atoms. The monoisotopic (exact) mass is 308 g/mol. The molecule has 0 unspecified atom stereocenters. The van der Waals surface area contributed by atoms with E-state index in [1.54, 1.807) is 0 Å². The Kier molecular flexibility index (Phi) is 3.50. The van der Waals surface area contributed by atoms with Gasteiger partial charge in [0.2, 0.25) is 0 Å². The molecule has 8 heteroatoms. The second kappa shape index (κ2) is 4.75. The molecule has 0 aromatic carbocycles. The summed E-state index contributed by atoms with van der Waals surface area (Å²) in [6, 6.07) is 1.20. The fourth-order valence-electron chi connectivity index (χ4n) is 1.74. The molecule has 17 heavy (non-hydrogen) atoms. The molecular weight excluding hydrogens is 295 g/mol. The van der Waals surface area contributed by atoms with Gasteiger partial charge in [0.15, 0.2) is 0 Å². The van der Waals surface area contributed by atoms with Crippen molar-refractivity contribution in [1.82, 2.24) is 9.55 Å². The van der Waals surface area contributed by atoms with Gasteiger partial charge in [0.1, 0.15) is 0 Å². The van der Waals surface area contributed by atoms with Gasteiger partial charge in [-0.3, -0.25) is 0 Å². The molecule has 3 N–H and O–H groups in total. The molecule has 1 aromatic heterocycles. The standard InChI is InChI=1S/C9H12N2O5Se/c12-3-4-6(14)7(17)8(16-4)11-2-1-5(13)10-9(11)15/h1-2,4,6-8,12,14,17H,3H2,(H,10,13,15)/t4-,6-,7-,8-/m1/s1. The van der Waals surface area contributed by atoms with Crippen molar-refractivity contribution in [3.05, 3.63) is 33.1 Å². The number of rotatable bonds is 2. The summed E-state index contributed by atoms with van der Waals surface area (Å²) in [5.41, 5.74) is -1.10. The molecule has 2 rings (SSSR count). The summed E-state index contributed by atoms with van der Waals surface area (Å²) in [6.07, 6.45) is -1.01. The van der Waals surface area contributed by atoms with Crippen molar-refractivity contribution in [2.75, 3.05) is 6.61 Å². The van der Waals surface area contributed by atoms with Crippen molar-refractivity contribution < 1.29 is 14.9 Å². The van der Waals surface area contributed by atoms with Crippen LogP contribution in [0.5, 0.6) is 0 Å². The van der Waals surface area contributed by atoms with Crippen molar-refractivity contribution in [3.63, 3.8) is 0 Å². The van der Waals surface area contributed by atoms with E-state index in [4.69, 9.17) is 9.84 Å². The Hall–Kier alpha value is -0.921. The van der Waals surface area contributed by atoms with Gasteiger partial charge in [-0.15, -0.1) is 0 Å². The Morgan fingerprint density at radius 3 is 2.76 bits per heavy atom. The van der Waals surface area contributed by atoms with E-state index in [0.717, 1.165) is 0 Å². The maximum absolute atomic E-state index is 11.6. The SMILES string of the molecule is O=c1ccn([C@@H]2O[C@H](CO)[C@@H](O)[C@H]2[SeH])c(=O)[nH]1. The molecule has 0 amide bonds. The van der Waals surface area contributed by atoms with Crippen LogP contribution in [0.25, 0.3) is 0 Å². The summed E-state index contributed by atoms with van der Waals surface area (Å²) in [6.45, 7) is -0.329. The van der Waals surface area contributed by atoms with Crippen molar-refractivity contribution in [2.45, 2.75) is 23.3 Å². The second-order valence-corrected chi connectivity index (χ2v) is 5.00. The zero-order chi connectivity index (χ0) is 12.6. The first-order valence-electron chi connectivity index (χ1n) is 4.98. The topological polar surface area (TPSA) is 105 Å². The quantitative estimate of drug-likeness (QED) is 0.523. The van der Waals surface area contributed by atoms with Gasteiger partial charge in [0.05, 0.1) is 0 Å². The van der Waals surface area contributed by atoms with Crippen LogP contribution in [-0.2, 0) is 4.74 Å². The number of aromatic amines is 1. The van der Waals surface area contributed by atoms with E-state index in [-0.39, 0.29) is 6.61 Å². The van der Waals surface area contributed by atoms with E-state index in [1.807, 2.05) is 0 Å². The summed E-state index contributed by atoms with van der Waals surface area (Å²) in [4.78, 5) is 24.2. The van der Waals surface area contributed by atoms with E-state index in [2.05, 4.69) is 21.0 Å². The fraction of sp³-hybridized carbons (Fsp3) is 0.556. The predicted molar refractivity (Wildman–Crippen MR) is 59.2 cm³/mol. The van der Waals surface area contributed by atoms with Crippen molar-refractivity contribution in [1.29, 1.82) is 0 Å². The summed E-state index contributed by atoms with van der Waals surface area (Å²) in [5.74, 6) is 0. The van der Waals surface area contributed by atoms with Gasteiger partial charge in [0, 0.05) is 0 Å². The molecule has 7 nitrogen and oxygen atoms in total. The summed E-state index contributed by atoms with van der Waals surface area (Å²) >= 11 is 2.21. The van der Waals surface area contributed by atoms with Crippen molar-refractivity contribution in [3.8, 4) is 0 Å². The van der Waals surface area contributed by atoms with Crippen molar-refractivity contribution >= 4 is 16.0 Å². The first-order chi connectivity index (χ1) is 8.04. The molecule has 1 aliphatic heterocycles. The maximum atomic E-state index is 11.6. The predicted octanol–water partition coefficient (Wildman–Crippen LogP) is -2.52. The first-order valence-corrected chi connectivity index (χ1v) is 6.07. The van der Waals surface area contributed by atoms with Crippen LogP contribution in [0, 0.1) is 0 Å². The Labute approximate surface area is 104 Å². The number of aliphatic hydroxyl groups excluding tert-OH is 2. The third kappa shape index (κ3) is 2.22. The number of nitrogens with one attached hydrogen (secondary N) is 1. The number of aliphatic hydroxyl groups is 2. The molecule has 94 valence electrons. The van der Waals surface area contributed by atoms with E-state index < -0.39 is 34.5 Å². The zero-order valence-electron chi connectivity index (χ0n) is 8.68. The van der Waals surface area contributed by atoms with E-state index in [0.29, 0.717) is 0 Å². The minimum atomic E-state index is -0.871. The number of hydrogen-bond acceptors (Lipinski definition) is 5. The van der Waals surface area contributed by atoms with Crippen LogP contribution in [0.3, 0.4) is 0 Å². The average molecular weight is 307 g/mol. The minimum absolute atomic E-state index is 0.329. The number of hydrogen-bond donors (Lipinski definition) is 3. The number of aromatic nitrogens is 2. The summed E-state index contributed by atoms with van der Waals surface area (Å²) in [5, 5.41) is 18.7. The van der Waals surface area contributed by atoms with Gasteiger partial charge in [-0.25, -0.2) is 0 Å². The molecule has 1 aliphatic rings. The number of H-pyrrole nitrogens is 1. The molecule has 0 saturated carbocycles. The summed E-state index contributed by atoms with van der Waals surface area (Å²) in [7, 11) is 0. The van der Waals surface area contributed by atoms with Gasteiger partial charge < -0.3 is 0 Å². The normalized spacial score (nSPS) is 32.9. The van der Waals surface area contributed by atoms with Gasteiger partial charge in [0.25, 0.3) is 0 Å². The van der Waals surface area contributed by atoms with Crippen LogP contribution >= 0.6 is 0 Å². The molecular formula is C9H12N2O5Se. The van der Waals surface area contributed by atoms with Crippen LogP contribution < -0.4 is 11.2 Å². The van der Waals surface area contributed by atoms with Crippen LogP contribution in [0.2, 0.25) is 4.82 Å². The Bertz CT molecular complexity index is 513. The van der Waals surface area contributed by atoms with Gasteiger partial charge in [-0.05, 0) is 0 Å². The van der Waals surface area contributed by atoms with Crippen molar-refractivity contribution in [2.24, 2.45) is 0 Å². The molecule has 0 spiro atoms. The average Bonchev–Trinajstić information content (AvgIpc) is 2.57. The first kappa shape index (κ1) is 12.5. The number of ether oxygens (including phenoxy) is 1. The van der Waals surface area contributed by atoms with Crippen LogP contribution in [-0.4, -0.2) is 54.6 Å². The molecule has 1 fully saturated rings. The second-order valence-electron chi connectivity index (χ2n) is 3.75. The van der Waals surface area contributed by atoms with Crippen LogP contribution in [0.4, 0.5) is 0 Å². The van der Waals surface area contributed by atoms with Crippen LogP contribution in [0.15, 0.2) is 21.9 Å². The fourth-order valence-corrected chi connectivity index (χ4v) is 2.59.